The fourth-order valence-corrected chi connectivity index (χ4v) is 2.31. The Hall–Kier alpha value is -0.880. The van der Waals surface area contributed by atoms with Crippen LogP contribution in [0.4, 0.5) is 0 Å². The van der Waals surface area contributed by atoms with Crippen LogP contribution in [0, 0.1) is 0 Å². The number of carboxylic acid groups (broad SMARTS) is 1. The first-order valence-corrected chi connectivity index (χ1v) is 6.52. The van der Waals surface area contributed by atoms with Crippen molar-refractivity contribution < 1.29 is 9.90 Å². The number of carbonyl (C=O) groups is 1. The molecule has 0 fully saturated rings. The van der Waals surface area contributed by atoms with Crippen LogP contribution < -0.4 is 0 Å². The standard InChI is InChI=1S/C12H11IO2S/c1-3-9(5-4-8(2)13)11-10(12(14)15)6-7-16-11/h3-7H,2H2,1H3,(H,14,15)/b5-4-,9-3+. The Labute approximate surface area is 112 Å². The molecule has 1 heterocycles. The monoisotopic (exact) mass is 346 g/mol. The summed E-state index contributed by atoms with van der Waals surface area (Å²) in [6, 6.07) is 1.62. The van der Waals surface area contributed by atoms with Crippen molar-refractivity contribution >= 4 is 45.5 Å². The molecule has 0 aliphatic rings. The highest BCUT2D eigenvalue weighted by Gasteiger charge is 2.12. The highest BCUT2D eigenvalue weighted by Crippen LogP contribution is 2.27. The number of rotatable bonds is 4. The van der Waals surface area contributed by atoms with Crippen LogP contribution in [-0.2, 0) is 0 Å². The first-order valence-electron chi connectivity index (χ1n) is 4.56. The van der Waals surface area contributed by atoms with Gasteiger partial charge >= 0.3 is 5.97 Å². The van der Waals surface area contributed by atoms with E-state index >= 15 is 0 Å². The second-order valence-corrected chi connectivity index (χ2v) is 5.29. The Balaban J connectivity index is 3.10. The molecule has 0 aliphatic carbocycles. The Morgan fingerprint density at radius 1 is 1.56 bits per heavy atom. The zero-order valence-electron chi connectivity index (χ0n) is 8.74. The second kappa shape index (κ2) is 6.00. The molecule has 1 N–H and O–H groups in total. The average Bonchev–Trinajstić information content (AvgIpc) is 2.67. The van der Waals surface area contributed by atoms with Gasteiger partial charge in [0.15, 0.2) is 0 Å². The lowest BCUT2D eigenvalue weighted by Gasteiger charge is -2.00. The van der Waals surface area contributed by atoms with Gasteiger partial charge in [-0.1, -0.05) is 18.7 Å². The van der Waals surface area contributed by atoms with Crippen LogP contribution in [0.15, 0.2) is 39.8 Å². The van der Waals surface area contributed by atoms with Gasteiger partial charge in [0.25, 0.3) is 0 Å². The largest absolute Gasteiger partial charge is 0.478 e. The lowest BCUT2D eigenvalue weighted by Crippen LogP contribution is -1.96. The molecule has 0 radical (unpaired) electrons. The molecule has 0 saturated carbocycles. The molecule has 2 nitrogen and oxygen atoms in total. The third-order valence-electron chi connectivity index (χ3n) is 1.91. The molecule has 16 heavy (non-hydrogen) atoms. The molecule has 0 bridgehead atoms. The molecule has 84 valence electrons. The lowest BCUT2D eigenvalue weighted by atomic mass is 10.1. The summed E-state index contributed by atoms with van der Waals surface area (Å²) in [6.45, 7) is 5.65. The van der Waals surface area contributed by atoms with Gasteiger partial charge in [0.2, 0.25) is 0 Å². The van der Waals surface area contributed by atoms with E-state index in [0.29, 0.717) is 5.56 Å². The summed E-state index contributed by atoms with van der Waals surface area (Å²) in [7, 11) is 0. The molecule has 0 spiro atoms. The number of hydrogen-bond acceptors (Lipinski definition) is 2. The minimum atomic E-state index is -0.891. The fraction of sp³-hybridized carbons (Fsp3) is 0.0833. The SMILES string of the molecule is C=C(I)/C=C\C(=C/C)c1sccc1C(=O)O. The van der Waals surface area contributed by atoms with Crippen molar-refractivity contribution in [3.05, 3.63) is 50.3 Å². The molecule has 0 amide bonds. The van der Waals surface area contributed by atoms with Crippen LogP contribution in [-0.4, -0.2) is 11.1 Å². The second-order valence-electron chi connectivity index (χ2n) is 2.99. The summed E-state index contributed by atoms with van der Waals surface area (Å²) < 4.78 is 0.908. The molecule has 4 heteroatoms. The molecule has 1 rings (SSSR count). The minimum absolute atomic E-state index is 0.349. The summed E-state index contributed by atoms with van der Waals surface area (Å²) in [5.74, 6) is -0.891. The average molecular weight is 346 g/mol. The van der Waals surface area contributed by atoms with Crippen molar-refractivity contribution in [1.29, 1.82) is 0 Å². The van der Waals surface area contributed by atoms with Crippen LogP contribution in [0.5, 0.6) is 0 Å². The quantitative estimate of drug-likeness (QED) is 0.650. The number of aromatic carboxylic acids is 1. The van der Waals surface area contributed by atoms with Gasteiger partial charge in [0, 0.05) is 8.46 Å². The molecule has 0 saturated heterocycles. The summed E-state index contributed by atoms with van der Waals surface area (Å²) in [5, 5.41) is 10.8. The molecular weight excluding hydrogens is 335 g/mol. The zero-order valence-corrected chi connectivity index (χ0v) is 11.7. The van der Waals surface area contributed by atoms with E-state index in [4.69, 9.17) is 5.11 Å². The van der Waals surface area contributed by atoms with E-state index in [1.54, 1.807) is 11.4 Å². The maximum atomic E-state index is 11.0. The van der Waals surface area contributed by atoms with Crippen molar-refractivity contribution in [1.82, 2.24) is 0 Å². The smallest absolute Gasteiger partial charge is 0.337 e. The first kappa shape index (κ1) is 13.2. The molecule has 0 aromatic carbocycles. The molecular formula is C12H11IO2S. The van der Waals surface area contributed by atoms with Crippen molar-refractivity contribution in [3.8, 4) is 0 Å². The number of allylic oxidation sites excluding steroid dienone is 5. The first-order chi connectivity index (χ1) is 7.56. The summed E-state index contributed by atoms with van der Waals surface area (Å²) in [6.07, 6.45) is 5.64. The van der Waals surface area contributed by atoms with E-state index < -0.39 is 5.97 Å². The third-order valence-corrected chi connectivity index (χ3v) is 3.24. The maximum Gasteiger partial charge on any atom is 0.337 e. The van der Waals surface area contributed by atoms with E-state index in [-0.39, 0.29) is 0 Å². The molecule has 1 aromatic rings. The lowest BCUT2D eigenvalue weighted by molar-refractivity contribution is 0.0697. The highest BCUT2D eigenvalue weighted by molar-refractivity contribution is 14.1. The van der Waals surface area contributed by atoms with E-state index in [0.717, 1.165) is 14.0 Å². The van der Waals surface area contributed by atoms with Crippen molar-refractivity contribution in [2.45, 2.75) is 6.92 Å². The number of hydrogen-bond donors (Lipinski definition) is 1. The van der Waals surface area contributed by atoms with Crippen molar-refractivity contribution in [3.63, 3.8) is 0 Å². The van der Waals surface area contributed by atoms with E-state index in [2.05, 4.69) is 29.2 Å². The van der Waals surface area contributed by atoms with Gasteiger partial charge in [0.05, 0.1) is 5.56 Å². The number of halogens is 1. The van der Waals surface area contributed by atoms with Crippen LogP contribution in [0.2, 0.25) is 0 Å². The maximum absolute atomic E-state index is 11.0. The number of carboxylic acids is 1. The van der Waals surface area contributed by atoms with Crippen LogP contribution in [0.1, 0.15) is 22.2 Å². The van der Waals surface area contributed by atoms with E-state index in [9.17, 15) is 4.79 Å². The van der Waals surface area contributed by atoms with Gasteiger partial charge < -0.3 is 5.11 Å². The molecule has 0 atom stereocenters. The van der Waals surface area contributed by atoms with Gasteiger partial charge in [-0.25, -0.2) is 4.79 Å². The summed E-state index contributed by atoms with van der Waals surface area (Å²) >= 11 is 3.54. The van der Waals surface area contributed by atoms with Crippen LogP contribution in [0.25, 0.3) is 5.57 Å². The van der Waals surface area contributed by atoms with Gasteiger partial charge in [0.1, 0.15) is 0 Å². The van der Waals surface area contributed by atoms with Crippen LogP contribution >= 0.6 is 33.9 Å². The van der Waals surface area contributed by atoms with Gasteiger partial charge in [-0.05, 0) is 52.6 Å². The molecule has 1 aromatic heterocycles. The van der Waals surface area contributed by atoms with Gasteiger partial charge in [-0.2, -0.15) is 0 Å². The topological polar surface area (TPSA) is 37.3 Å². The predicted octanol–water partition coefficient (Wildman–Crippen LogP) is 4.35. The Morgan fingerprint density at radius 2 is 2.25 bits per heavy atom. The predicted molar refractivity (Wildman–Crippen MR) is 77.2 cm³/mol. The molecule has 0 aliphatic heterocycles. The normalized spacial score (nSPS) is 12.0. The number of thiophene rings is 1. The Bertz CT molecular complexity index is 469. The van der Waals surface area contributed by atoms with E-state index in [1.807, 2.05) is 25.2 Å². The van der Waals surface area contributed by atoms with Gasteiger partial charge in [-0.15, -0.1) is 11.3 Å². The summed E-state index contributed by atoms with van der Waals surface area (Å²) in [4.78, 5) is 11.8. The minimum Gasteiger partial charge on any atom is -0.478 e. The summed E-state index contributed by atoms with van der Waals surface area (Å²) in [5.41, 5.74) is 1.26. The van der Waals surface area contributed by atoms with E-state index in [1.165, 1.54) is 11.3 Å². The zero-order chi connectivity index (χ0) is 12.1. The van der Waals surface area contributed by atoms with Crippen molar-refractivity contribution in [2.75, 3.05) is 0 Å². The van der Waals surface area contributed by atoms with Crippen molar-refractivity contribution in [2.24, 2.45) is 0 Å². The Morgan fingerprint density at radius 3 is 2.75 bits per heavy atom. The Kier molecular flexibility index (Phi) is 4.95. The highest BCUT2D eigenvalue weighted by atomic mass is 127. The van der Waals surface area contributed by atoms with Gasteiger partial charge in [-0.3, -0.25) is 0 Å². The van der Waals surface area contributed by atoms with Crippen LogP contribution in [0.3, 0.4) is 0 Å². The third kappa shape index (κ3) is 3.31. The fourth-order valence-electron chi connectivity index (χ4n) is 1.18. The molecule has 0 unspecified atom stereocenters.